The summed E-state index contributed by atoms with van der Waals surface area (Å²) >= 11 is 0. The van der Waals surface area contributed by atoms with E-state index in [1.165, 1.54) is 7.11 Å². The van der Waals surface area contributed by atoms with Crippen LogP contribution < -0.4 is 9.47 Å². The van der Waals surface area contributed by atoms with E-state index in [0.29, 0.717) is 5.75 Å². The van der Waals surface area contributed by atoms with E-state index in [1.54, 1.807) is 25.1 Å². The van der Waals surface area contributed by atoms with Crippen molar-refractivity contribution in [1.82, 2.24) is 0 Å². The Morgan fingerprint density at radius 2 is 2.16 bits per heavy atom. The SMILES string of the molecule is CC=Cc1ccc(OC(F)C(=O)OCC)c(OC)c1. The van der Waals surface area contributed by atoms with Gasteiger partial charge in [0, 0.05) is 0 Å². The molecule has 0 aliphatic heterocycles. The number of hydrogen-bond acceptors (Lipinski definition) is 4. The Hall–Kier alpha value is -2.04. The third-order valence-electron chi connectivity index (χ3n) is 2.25. The number of ether oxygens (including phenoxy) is 3. The van der Waals surface area contributed by atoms with Gasteiger partial charge in [0.05, 0.1) is 13.7 Å². The number of esters is 1. The highest BCUT2D eigenvalue weighted by molar-refractivity contribution is 5.73. The average molecular weight is 268 g/mol. The molecule has 0 saturated carbocycles. The lowest BCUT2D eigenvalue weighted by Crippen LogP contribution is -2.24. The minimum absolute atomic E-state index is 0.0972. The van der Waals surface area contributed by atoms with E-state index in [4.69, 9.17) is 9.47 Å². The normalized spacial score (nSPS) is 12.2. The van der Waals surface area contributed by atoms with Gasteiger partial charge in [-0.15, -0.1) is 0 Å². The molecule has 104 valence electrons. The molecule has 1 aromatic rings. The second-order valence-electron chi connectivity index (χ2n) is 3.60. The van der Waals surface area contributed by atoms with Gasteiger partial charge in [0.2, 0.25) is 0 Å². The molecule has 1 rings (SSSR count). The van der Waals surface area contributed by atoms with Gasteiger partial charge in [-0.05, 0) is 31.5 Å². The van der Waals surface area contributed by atoms with Gasteiger partial charge in [0.15, 0.2) is 11.5 Å². The van der Waals surface area contributed by atoms with Crippen LogP contribution in [-0.4, -0.2) is 26.0 Å². The van der Waals surface area contributed by atoms with E-state index in [2.05, 4.69) is 4.74 Å². The molecule has 0 fully saturated rings. The first-order valence-corrected chi connectivity index (χ1v) is 5.90. The Kier molecular flexibility index (Phi) is 5.85. The van der Waals surface area contributed by atoms with Crippen LogP contribution in [-0.2, 0) is 9.53 Å². The smallest absolute Gasteiger partial charge is 0.381 e. The fourth-order valence-electron chi connectivity index (χ4n) is 1.45. The van der Waals surface area contributed by atoms with Gasteiger partial charge in [0.1, 0.15) is 0 Å². The molecule has 0 bridgehead atoms. The first-order valence-electron chi connectivity index (χ1n) is 5.90. The van der Waals surface area contributed by atoms with Crippen molar-refractivity contribution in [2.75, 3.05) is 13.7 Å². The van der Waals surface area contributed by atoms with Crippen LogP contribution in [0.5, 0.6) is 11.5 Å². The van der Waals surface area contributed by atoms with E-state index in [1.807, 2.05) is 19.1 Å². The maximum atomic E-state index is 13.5. The van der Waals surface area contributed by atoms with E-state index >= 15 is 0 Å². The van der Waals surface area contributed by atoms with Gasteiger partial charge in [-0.2, -0.15) is 4.39 Å². The molecule has 1 aromatic carbocycles. The van der Waals surface area contributed by atoms with Crippen molar-refractivity contribution in [1.29, 1.82) is 0 Å². The molecule has 1 unspecified atom stereocenters. The molecular weight excluding hydrogens is 251 g/mol. The molecule has 0 saturated heterocycles. The van der Waals surface area contributed by atoms with Gasteiger partial charge in [0.25, 0.3) is 0 Å². The Bertz CT molecular complexity index is 457. The number of carbonyl (C=O) groups is 1. The Morgan fingerprint density at radius 1 is 1.42 bits per heavy atom. The zero-order chi connectivity index (χ0) is 14.3. The first-order chi connectivity index (χ1) is 9.12. The molecule has 1 atom stereocenters. The summed E-state index contributed by atoms with van der Waals surface area (Å²) in [5.41, 5.74) is 0.887. The average Bonchev–Trinajstić information content (AvgIpc) is 2.41. The number of methoxy groups -OCH3 is 1. The van der Waals surface area contributed by atoms with Crippen molar-refractivity contribution in [3.05, 3.63) is 29.8 Å². The van der Waals surface area contributed by atoms with Crippen LogP contribution in [0.2, 0.25) is 0 Å². The minimum Gasteiger partial charge on any atom is -0.493 e. The lowest BCUT2D eigenvalue weighted by molar-refractivity contribution is -0.159. The Balaban J connectivity index is 2.85. The molecule has 0 heterocycles. The van der Waals surface area contributed by atoms with E-state index in [0.717, 1.165) is 5.56 Å². The maximum absolute atomic E-state index is 13.5. The third kappa shape index (κ3) is 4.28. The second-order valence-corrected chi connectivity index (χ2v) is 3.60. The molecule has 0 aliphatic rings. The third-order valence-corrected chi connectivity index (χ3v) is 2.25. The van der Waals surface area contributed by atoms with Crippen molar-refractivity contribution in [2.24, 2.45) is 0 Å². The van der Waals surface area contributed by atoms with Crippen LogP contribution in [0.3, 0.4) is 0 Å². The molecule has 5 heteroatoms. The first kappa shape index (κ1) is 15.0. The maximum Gasteiger partial charge on any atom is 0.381 e. The van der Waals surface area contributed by atoms with Crippen molar-refractivity contribution in [2.45, 2.75) is 20.2 Å². The summed E-state index contributed by atoms with van der Waals surface area (Å²) in [5, 5.41) is 0. The van der Waals surface area contributed by atoms with Crippen molar-refractivity contribution in [3.8, 4) is 11.5 Å². The number of rotatable bonds is 6. The summed E-state index contributed by atoms with van der Waals surface area (Å²) in [6.45, 7) is 3.58. The lowest BCUT2D eigenvalue weighted by atomic mass is 10.2. The Morgan fingerprint density at radius 3 is 2.74 bits per heavy atom. The van der Waals surface area contributed by atoms with E-state index < -0.39 is 12.3 Å². The molecule has 0 radical (unpaired) electrons. The van der Waals surface area contributed by atoms with Gasteiger partial charge < -0.3 is 14.2 Å². The molecule has 0 aromatic heterocycles. The van der Waals surface area contributed by atoms with E-state index in [-0.39, 0.29) is 12.4 Å². The monoisotopic (exact) mass is 268 g/mol. The fourth-order valence-corrected chi connectivity index (χ4v) is 1.45. The Labute approximate surface area is 111 Å². The molecule has 0 spiro atoms. The standard InChI is InChI=1S/C14H17FO4/c1-4-6-10-7-8-11(12(9-10)17-3)19-13(15)14(16)18-5-2/h4,6-9,13H,5H2,1-3H3. The summed E-state index contributed by atoms with van der Waals surface area (Å²) in [5.74, 6) is -0.555. The summed E-state index contributed by atoms with van der Waals surface area (Å²) < 4.78 is 28.0. The fraction of sp³-hybridized carbons (Fsp3) is 0.357. The largest absolute Gasteiger partial charge is 0.493 e. The van der Waals surface area contributed by atoms with Crippen LogP contribution >= 0.6 is 0 Å². The molecule has 0 aliphatic carbocycles. The second kappa shape index (κ2) is 7.41. The summed E-state index contributed by atoms with van der Waals surface area (Å²) in [6, 6.07) is 4.96. The summed E-state index contributed by atoms with van der Waals surface area (Å²) in [6.07, 6.45) is 1.57. The predicted octanol–water partition coefficient (Wildman–Crippen LogP) is 2.97. The van der Waals surface area contributed by atoms with Gasteiger partial charge >= 0.3 is 12.3 Å². The van der Waals surface area contributed by atoms with Crippen LogP contribution in [0.1, 0.15) is 19.4 Å². The molecule has 19 heavy (non-hydrogen) atoms. The van der Waals surface area contributed by atoms with Crippen LogP contribution in [0, 0.1) is 0 Å². The molecule has 0 N–H and O–H groups in total. The highest BCUT2D eigenvalue weighted by Gasteiger charge is 2.22. The van der Waals surface area contributed by atoms with Gasteiger partial charge in [-0.3, -0.25) is 0 Å². The molecule has 0 amide bonds. The zero-order valence-electron chi connectivity index (χ0n) is 11.2. The number of allylic oxidation sites excluding steroid dienone is 1. The predicted molar refractivity (Wildman–Crippen MR) is 69.9 cm³/mol. The van der Waals surface area contributed by atoms with E-state index in [9.17, 15) is 9.18 Å². The summed E-state index contributed by atoms with van der Waals surface area (Å²) in [7, 11) is 1.44. The van der Waals surface area contributed by atoms with Crippen LogP contribution in [0.4, 0.5) is 4.39 Å². The van der Waals surface area contributed by atoms with Crippen molar-refractivity contribution < 1.29 is 23.4 Å². The van der Waals surface area contributed by atoms with Gasteiger partial charge in [-0.1, -0.05) is 18.2 Å². The zero-order valence-corrected chi connectivity index (χ0v) is 11.2. The molecular formula is C14H17FO4. The number of alkyl halides is 1. The number of carbonyl (C=O) groups excluding carboxylic acids is 1. The summed E-state index contributed by atoms with van der Waals surface area (Å²) in [4.78, 5) is 11.1. The topological polar surface area (TPSA) is 44.8 Å². The quantitative estimate of drug-likeness (QED) is 0.744. The molecule has 4 nitrogen and oxygen atoms in total. The highest BCUT2D eigenvalue weighted by Crippen LogP contribution is 2.29. The number of halogens is 1. The lowest BCUT2D eigenvalue weighted by Gasteiger charge is -2.13. The highest BCUT2D eigenvalue weighted by atomic mass is 19.1. The minimum atomic E-state index is -2.17. The van der Waals surface area contributed by atoms with Crippen LogP contribution in [0.25, 0.3) is 6.08 Å². The number of benzene rings is 1. The number of hydrogen-bond donors (Lipinski definition) is 0. The van der Waals surface area contributed by atoms with Crippen molar-refractivity contribution in [3.63, 3.8) is 0 Å². The van der Waals surface area contributed by atoms with Gasteiger partial charge in [-0.25, -0.2) is 4.79 Å². The van der Waals surface area contributed by atoms with Crippen LogP contribution in [0.15, 0.2) is 24.3 Å². The van der Waals surface area contributed by atoms with Crippen molar-refractivity contribution >= 4 is 12.0 Å².